The monoisotopic (exact) mass is 213 g/mol. The van der Waals surface area contributed by atoms with Crippen LogP contribution in [-0.4, -0.2) is 23.7 Å². The van der Waals surface area contributed by atoms with Crippen LogP contribution >= 0.6 is 0 Å². The minimum atomic E-state index is -0.442. The Morgan fingerprint density at radius 1 is 1.27 bits per heavy atom. The van der Waals surface area contributed by atoms with Crippen molar-refractivity contribution < 1.29 is 9.90 Å². The summed E-state index contributed by atoms with van der Waals surface area (Å²) in [6.45, 7) is 2.08. The Labute approximate surface area is 92.3 Å². The molecule has 88 valence electrons. The Balaban J connectivity index is 2.28. The van der Waals surface area contributed by atoms with Gasteiger partial charge in [0.1, 0.15) is 0 Å². The lowest BCUT2D eigenvalue weighted by Crippen LogP contribution is -2.35. The predicted molar refractivity (Wildman–Crippen MR) is 60.5 cm³/mol. The Morgan fingerprint density at radius 2 is 1.80 bits per heavy atom. The molecule has 1 saturated carbocycles. The van der Waals surface area contributed by atoms with Crippen LogP contribution in [0.15, 0.2) is 0 Å². The molecule has 1 atom stereocenters. The second-order valence-electron chi connectivity index (χ2n) is 4.64. The number of rotatable bonds is 3. The van der Waals surface area contributed by atoms with Crippen LogP contribution in [0.1, 0.15) is 51.9 Å². The third-order valence-electron chi connectivity index (χ3n) is 3.05. The summed E-state index contributed by atoms with van der Waals surface area (Å²) in [5, 5.41) is 11.9. The molecule has 1 fully saturated rings. The molecule has 2 N–H and O–H groups in total. The molecule has 0 aliphatic heterocycles. The maximum Gasteiger partial charge on any atom is 0.223 e. The zero-order valence-corrected chi connectivity index (χ0v) is 9.67. The van der Waals surface area contributed by atoms with Gasteiger partial charge in [0.25, 0.3) is 0 Å². The number of nitrogens with one attached hydrogen (secondary N) is 1. The second-order valence-corrected chi connectivity index (χ2v) is 4.64. The van der Waals surface area contributed by atoms with Crippen molar-refractivity contribution in [3.8, 4) is 0 Å². The fourth-order valence-electron chi connectivity index (χ4n) is 2.11. The zero-order valence-electron chi connectivity index (χ0n) is 9.67. The number of amides is 1. The number of aliphatic hydroxyl groups is 1. The molecule has 0 aromatic rings. The highest BCUT2D eigenvalue weighted by Gasteiger charge is 2.18. The summed E-state index contributed by atoms with van der Waals surface area (Å²) in [5.41, 5.74) is 0. The van der Waals surface area contributed by atoms with E-state index < -0.39 is 6.10 Å². The van der Waals surface area contributed by atoms with Crippen molar-refractivity contribution in [3.63, 3.8) is 0 Å². The third-order valence-corrected chi connectivity index (χ3v) is 3.05. The number of aliphatic hydroxyl groups excluding tert-OH is 1. The molecular weight excluding hydrogens is 190 g/mol. The molecule has 1 amide bonds. The van der Waals surface area contributed by atoms with Crippen molar-refractivity contribution in [3.05, 3.63) is 0 Å². The standard InChI is InChI=1S/C12H23NO2/c1-10(14)9-13-12(15)11-7-5-3-2-4-6-8-11/h10-11,14H,2-9H2,1H3,(H,13,15). The summed E-state index contributed by atoms with van der Waals surface area (Å²) in [5.74, 6) is 0.321. The van der Waals surface area contributed by atoms with Gasteiger partial charge in [-0.2, -0.15) is 0 Å². The lowest BCUT2D eigenvalue weighted by molar-refractivity contribution is -0.126. The van der Waals surface area contributed by atoms with Gasteiger partial charge in [-0.05, 0) is 19.8 Å². The summed E-state index contributed by atoms with van der Waals surface area (Å²) in [6, 6.07) is 0. The topological polar surface area (TPSA) is 49.3 Å². The maximum atomic E-state index is 11.7. The van der Waals surface area contributed by atoms with E-state index in [2.05, 4.69) is 5.32 Å². The van der Waals surface area contributed by atoms with Gasteiger partial charge in [-0.3, -0.25) is 4.79 Å². The molecule has 3 nitrogen and oxygen atoms in total. The summed E-state index contributed by atoms with van der Waals surface area (Å²) >= 11 is 0. The Morgan fingerprint density at radius 3 is 2.33 bits per heavy atom. The van der Waals surface area contributed by atoms with Crippen molar-refractivity contribution in [2.75, 3.05) is 6.54 Å². The fourth-order valence-corrected chi connectivity index (χ4v) is 2.11. The number of hydrogen-bond acceptors (Lipinski definition) is 2. The molecule has 1 aliphatic carbocycles. The van der Waals surface area contributed by atoms with Crippen LogP contribution in [0.2, 0.25) is 0 Å². The van der Waals surface area contributed by atoms with Crippen molar-refractivity contribution in [1.82, 2.24) is 5.32 Å². The van der Waals surface area contributed by atoms with E-state index in [-0.39, 0.29) is 11.8 Å². The molecule has 0 heterocycles. The molecule has 1 aliphatic rings. The minimum Gasteiger partial charge on any atom is -0.392 e. The molecule has 0 bridgehead atoms. The van der Waals surface area contributed by atoms with Crippen molar-refractivity contribution in [2.24, 2.45) is 5.92 Å². The summed E-state index contributed by atoms with van der Waals surface area (Å²) in [4.78, 5) is 11.7. The average molecular weight is 213 g/mol. The van der Waals surface area contributed by atoms with Crippen LogP contribution < -0.4 is 5.32 Å². The predicted octanol–water partition coefficient (Wildman–Crippen LogP) is 1.84. The minimum absolute atomic E-state index is 0.137. The van der Waals surface area contributed by atoms with E-state index in [1.54, 1.807) is 6.92 Å². The van der Waals surface area contributed by atoms with E-state index in [9.17, 15) is 4.79 Å². The van der Waals surface area contributed by atoms with Crippen molar-refractivity contribution in [1.29, 1.82) is 0 Å². The Bertz CT molecular complexity index is 184. The lowest BCUT2D eigenvalue weighted by atomic mass is 9.90. The highest BCUT2D eigenvalue weighted by molar-refractivity contribution is 5.78. The van der Waals surface area contributed by atoms with E-state index in [4.69, 9.17) is 5.11 Å². The first-order chi connectivity index (χ1) is 7.20. The number of hydrogen-bond donors (Lipinski definition) is 2. The highest BCUT2D eigenvalue weighted by atomic mass is 16.3. The molecule has 1 unspecified atom stereocenters. The van der Waals surface area contributed by atoms with Gasteiger partial charge in [-0.1, -0.05) is 32.1 Å². The van der Waals surface area contributed by atoms with Gasteiger partial charge in [-0.25, -0.2) is 0 Å². The fraction of sp³-hybridized carbons (Fsp3) is 0.917. The van der Waals surface area contributed by atoms with Gasteiger partial charge in [0.15, 0.2) is 0 Å². The molecule has 15 heavy (non-hydrogen) atoms. The van der Waals surface area contributed by atoms with Crippen LogP contribution in [-0.2, 0) is 4.79 Å². The van der Waals surface area contributed by atoms with Crippen LogP contribution in [0.4, 0.5) is 0 Å². The first kappa shape index (κ1) is 12.5. The maximum absolute atomic E-state index is 11.7. The Kier molecular flexibility index (Phi) is 5.69. The largest absolute Gasteiger partial charge is 0.392 e. The van der Waals surface area contributed by atoms with E-state index in [1.165, 1.54) is 32.1 Å². The lowest BCUT2D eigenvalue weighted by Gasteiger charge is -2.19. The highest BCUT2D eigenvalue weighted by Crippen LogP contribution is 2.22. The molecule has 0 aromatic carbocycles. The average Bonchev–Trinajstić information content (AvgIpc) is 2.13. The first-order valence-electron chi connectivity index (χ1n) is 6.16. The smallest absolute Gasteiger partial charge is 0.223 e. The molecule has 0 spiro atoms. The van der Waals surface area contributed by atoms with Crippen LogP contribution in [0.25, 0.3) is 0 Å². The number of carbonyl (C=O) groups is 1. The summed E-state index contributed by atoms with van der Waals surface area (Å²) in [6.07, 6.45) is 7.79. The van der Waals surface area contributed by atoms with Crippen molar-refractivity contribution >= 4 is 5.91 Å². The van der Waals surface area contributed by atoms with E-state index in [0.29, 0.717) is 6.54 Å². The first-order valence-corrected chi connectivity index (χ1v) is 6.16. The van der Waals surface area contributed by atoms with Gasteiger partial charge < -0.3 is 10.4 Å². The SMILES string of the molecule is CC(O)CNC(=O)C1CCCCCCC1. The van der Waals surface area contributed by atoms with Gasteiger partial charge in [0.05, 0.1) is 6.10 Å². The second kappa shape index (κ2) is 6.83. The van der Waals surface area contributed by atoms with Crippen LogP contribution in [0, 0.1) is 5.92 Å². The van der Waals surface area contributed by atoms with E-state index in [0.717, 1.165) is 12.8 Å². The molecule has 1 rings (SSSR count). The van der Waals surface area contributed by atoms with Crippen LogP contribution in [0.3, 0.4) is 0 Å². The van der Waals surface area contributed by atoms with Crippen molar-refractivity contribution in [2.45, 2.75) is 58.0 Å². The Hall–Kier alpha value is -0.570. The number of carbonyl (C=O) groups excluding carboxylic acids is 1. The summed E-state index contributed by atoms with van der Waals surface area (Å²) in [7, 11) is 0. The quantitative estimate of drug-likeness (QED) is 0.751. The van der Waals surface area contributed by atoms with Gasteiger partial charge in [0, 0.05) is 12.5 Å². The molecule has 0 radical (unpaired) electrons. The zero-order chi connectivity index (χ0) is 11.1. The molecule has 3 heteroatoms. The van der Waals surface area contributed by atoms with Gasteiger partial charge >= 0.3 is 0 Å². The van der Waals surface area contributed by atoms with Crippen LogP contribution in [0.5, 0.6) is 0 Å². The van der Waals surface area contributed by atoms with Gasteiger partial charge in [-0.15, -0.1) is 0 Å². The molecule has 0 aromatic heterocycles. The van der Waals surface area contributed by atoms with E-state index in [1.807, 2.05) is 0 Å². The summed E-state index contributed by atoms with van der Waals surface area (Å²) < 4.78 is 0. The van der Waals surface area contributed by atoms with Gasteiger partial charge in [0.2, 0.25) is 5.91 Å². The normalized spacial score (nSPS) is 21.5. The molecular formula is C12H23NO2. The molecule has 0 saturated heterocycles. The van der Waals surface area contributed by atoms with E-state index >= 15 is 0 Å². The third kappa shape index (κ3) is 5.17.